The van der Waals surface area contributed by atoms with Crippen molar-refractivity contribution in [3.63, 3.8) is 0 Å². The maximum absolute atomic E-state index is 13.6. The van der Waals surface area contributed by atoms with Crippen molar-refractivity contribution in [1.82, 2.24) is 9.88 Å². The first-order valence-electron chi connectivity index (χ1n) is 14.9. The van der Waals surface area contributed by atoms with Crippen LogP contribution in [0.1, 0.15) is 16.9 Å². The van der Waals surface area contributed by atoms with E-state index in [1.54, 1.807) is 13.2 Å². The Morgan fingerprint density at radius 3 is 2.53 bits per heavy atom. The van der Waals surface area contributed by atoms with Crippen molar-refractivity contribution in [3.8, 4) is 11.5 Å². The van der Waals surface area contributed by atoms with Gasteiger partial charge in [0.15, 0.2) is 6.79 Å². The molecule has 2 fully saturated rings. The maximum Gasteiger partial charge on any atom is 0.274 e. The van der Waals surface area contributed by atoms with Crippen molar-refractivity contribution in [2.24, 2.45) is 0 Å². The van der Waals surface area contributed by atoms with Crippen molar-refractivity contribution in [2.45, 2.75) is 6.42 Å². The molecular formula is C32H44N5O5S+. The molecule has 232 valence electrons. The minimum atomic E-state index is -0.301. The highest BCUT2D eigenvalue weighted by molar-refractivity contribution is 7.95. The van der Waals surface area contributed by atoms with Crippen molar-refractivity contribution in [2.75, 3.05) is 113 Å². The van der Waals surface area contributed by atoms with Crippen LogP contribution >= 0.6 is 0 Å². The van der Waals surface area contributed by atoms with Gasteiger partial charge in [0.05, 0.1) is 50.6 Å². The Balaban J connectivity index is 1.45. The highest BCUT2D eigenvalue weighted by atomic mass is 32.2. The summed E-state index contributed by atoms with van der Waals surface area (Å²) in [7, 11) is 4.10. The molecule has 43 heavy (non-hydrogen) atoms. The number of nitrogens with zero attached hydrogens (tertiary/aromatic N) is 4. The molecule has 0 spiro atoms. The number of benzene rings is 2. The topological polar surface area (TPSA) is 88.6 Å². The molecule has 0 radical (unpaired) electrons. The largest absolute Gasteiger partial charge is 0.497 e. The van der Waals surface area contributed by atoms with Crippen LogP contribution in [-0.4, -0.2) is 114 Å². The molecule has 10 nitrogen and oxygen atoms in total. The lowest BCUT2D eigenvalue weighted by Crippen LogP contribution is -2.36. The van der Waals surface area contributed by atoms with Crippen LogP contribution in [0.4, 0.5) is 17.1 Å². The molecule has 0 atom stereocenters. The number of carbonyl (C=O) groups is 1. The number of aromatic nitrogens is 1. The van der Waals surface area contributed by atoms with Gasteiger partial charge in [-0.3, -0.25) is 4.79 Å². The van der Waals surface area contributed by atoms with Crippen LogP contribution in [0, 0.1) is 0 Å². The summed E-state index contributed by atoms with van der Waals surface area (Å²) in [5.41, 5.74) is 3.73. The number of hydrogen-bond acceptors (Lipinski definition) is 9. The predicted octanol–water partition coefficient (Wildman–Crippen LogP) is 3.71. The van der Waals surface area contributed by atoms with E-state index in [1.807, 2.05) is 36.4 Å². The monoisotopic (exact) mass is 610 g/mol. The number of amides is 1. The van der Waals surface area contributed by atoms with Gasteiger partial charge in [0.1, 0.15) is 22.9 Å². The molecule has 3 heterocycles. The van der Waals surface area contributed by atoms with Gasteiger partial charge in [-0.25, -0.2) is 4.98 Å². The van der Waals surface area contributed by atoms with Gasteiger partial charge in [-0.2, -0.15) is 0 Å². The first-order chi connectivity index (χ1) is 20.9. The minimum Gasteiger partial charge on any atom is -0.497 e. The zero-order valence-electron chi connectivity index (χ0n) is 25.8. The van der Waals surface area contributed by atoms with Gasteiger partial charge in [-0.1, -0.05) is 0 Å². The number of anilines is 3. The number of likely N-dealkylation sites (N-methyl/N-ethyl adjacent to an activating group) is 1. The number of nitrogens with one attached hydrogen (secondary N) is 1. The first-order valence-corrected chi connectivity index (χ1v) is 17.1. The molecule has 0 saturated carbocycles. The number of morpholine rings is 1. The Hall–Kier alpha value is -3.25. The molecule has 11 heteroatoms. The normalized spacial score (nSPS) is 16.4. The van der Waals surface area contributed by atoms with Gasteiger partial charge in [-0.15, -0.1) is 0 Å². The van der Waals surface area contributed by atoms with Gasteiger partial charge in [0.2, 0.25) is 0 Å². The molecule has 2 saturated heterocycles. The number of carbonyl (C=O) groups excluding carboxylic acids is 1. The number of hydrogen-bond donors (Lipinski definition) is 1. The summed E-state index contributed by atoms with van der Waals surface area (Å²) >= 11 is 0. The maximum atomic E-state index is 13.6. The summed E-state index contributed by atoms with van der Waals surface area (Å²) in [6.07, 6.45) is 5.41. The predicted molar refractivity (Wildman–Crippen MR) is 176 cm³/mol. The zero-order chi connectivity index (χ0) is 30.2. The average molecular weight is 611 g/mol. The van der Waals surface area contributed by atoms with Crippen LogP contribution in [-0.2, 0) is 20.4 Å². The van der Waals surface area contributed by atoms with Gasteiger partial charge >= 0.3 is 0 Å². The Labute approximate surface area is 257 Å². The molecule has 2 aliphatic heterocycles. The summed E-state index contributed by atoms with van der Waals surface area (Å²) < 4.78 is 23.1. The smallest absolute Gasteiger partial charge is 0.274 e. The fourth-order valence-corrected chi connectivity index (χ4v) is 5.75. The van der Waals surface area contributed by atoms with E-state index in [2.05, 4.69) is 39.6 Å². The van der Waals surface area contributed by atoms with Crippen molar-refractivity contribution in [1.29, 1.82) is 0 Å². The van der Waals surface area contributed by atoms with Crippen LogP contribution in [0.25, 0.3) is 10.9 Å². The lowest BCUT2D eigenvalue weighted by Gasteiger charge is -2.28. The number of rotatable bonds is 11. The van der Waals surface area contributed by atoms with Crippen molar-refractivity contribution >= 4 is 44.8 Å². The second-order valence-electron chi connectivity index (χ2n) is 11.2. The van der Waals surface area contributed by atoms with Gasteiger partial charge in [-0.05, 0) is 61.2 Å². The Morgan fingerprint density at radius 2 is 1.79 bits per heavy atom. The molecule has 1 N–H and O–H groups in total. The van der Waals surface area contributed by atoms with E-state index in [1.165, 1.54) is 0 Å². The fourth-order valence-electron chi connectivity index (χ4n) is 5.30. The number of methoxy groups -OCH3 is 1. The summed E-state index contributed by atoms with van der Waals surface area (Å²) in [6.45, 7) is 7.57. The molecule has 2 aromatic carbocycles. The SMILES string of the molecule is COc1cc(N2CCCN(C)CC2)c2nc(C(=O)Nc3ccc(N4CCOCC4)cc3)cc(OCOCC[S+](C)C)c2c1. The Kier molecular flexibility index (Phi) is 10.9. The average Bonchev–Trinajstić information content (AvgIpc) is 3.25. The van der Waals surface area contributed by atoms with Crippen LogP contribution in [0.5, 0.6) is 11.5 Å². The van der Waals surface area contributed by atoms with E-state index in [0.29, 0.717) is 29.3 Å². The van der Waals surface area contributed by atoms with Crippen molar-refractivity contribution in [3.05, 3.63) is 48.2 Å². The third-order valence-corrected chi connectivity index (χ3v) is 8.78. The summed E-state index contributed by atoms with van der Waals surface area (Å²) in [6, 6.07) is 13.5. The number of ether oxygens (including phenoxy) is 4. The molecule has 0 unspecified atom stereocenters. The van der Waals surface area contributed by atoms with E-state index in [0.717, 1.165) is 81.4 Å². The lowest BCUT2D eigenvalue weighted by atomic mass is 10.1. The molecule has 1 amide bonds. The van der Waals surface area contributed by atoms with Crippen LogP contribution in [0.2, 0.25) is 0 Å². The molecule has 0 aliphatic carbocycles. The Morgan fingerprint density at radius 1 is 1.00 bits per heavy atom. The second kappa shape index (κ2) is 15.0. The lowest BCUT2D eigenvalue weighted by molar-refractivity contribution is 0.0245. The van der Waals surface area contributed by atoms with Crippen LogP contribution in [0.3, 0.4) is 0 Å². The number of fused-ring (bicyclic) bond motifs is 1. The third-order valence-electron chi connectivity index (χ3n) is 7.79. The molecular weight excluding hydrogens is 566 g/mol. The van der Waals surface area contributed by atoms with Crippen LogP contribution in [0.15, 0.2) is 42.5 Å². The minimum absolute atomic E-state index is 0.0847. The highest BCUT2D eigenvalue weighted by Crippen LogP contribution is 2.37. The van der Waals surface area contributed by atoms with E-state index in [-0.39, 0.29) is 29.3 Å². The zero-order valence-corrected chi connectivity index (χ0v) is 26.6. The number of pyridine rings is 1. The van der Waals surface area contributed by atoms with Crippen LogP contribution < -0.4 is 24.6 Å². The van der Waals surface area contributed by atoms with Gasteiger partial charge in [0, 0.05) is 61.6 Å². The molecule has 5 rings (SSSR count). The van der Waals surface area contributed by atoms with E-state index >= 15 is 0 Å². The first kappa shape index (κ1) is 31.2. The van der Waals surface area contributed by atoms with Gasteiger partial charge in [0.25, 0.3) is 5.91 Å². The molecule has 3 aromatic rings. The third kappa shape index (κ3) is 8.23. The highest BCUT2D eigenvalue weighted by Gasteiger charge is 2.22. The van der Waals surface area contributed by atoms with Gasteiger partial charge < -0.3 is 39.0 Å². The summed E-state index contributed by atoms with van der Waals surface area (Å²) in [5.74, 6) is 1.92. The molecule has 2 aliphatic rings. The van der Waals surface area contributed by atoms with E-state index < -0.39 is 0 Å². The van der Waals surface area contributed by atoms with E-state index in [4.69, 9.17) is 23.9 Å². The second-order valence-corrected chi connectivity index (χ2v) is 13.5. The van der Waals surface area contributed by atoms with Crippen molar-refractivity contribution < 1.29 is 23.7 Å². The summed E-state index contributed by atoms with van der Waals surface area (Å²) in [4.78, 5) is 25.5. The van der Waals surface area contributed by atoms with E-state index in [9.17, 15) is 4.79 Å². The molecule has 0 bridgehead atoms. The summed E-state index contributed by atoms with van der Waals surface area (Å²) in [5, 5.41) is 3.82. The fraction of sp³-hybridized carbons (Fsp3) is 0.500. The molecule has 1 aromatic heterocycles. The standard InChI is InChI=1S/C32H43N5O5S/c1-35-10-5-11-37(13-12-35)29-21-26(39-2)20-27-30(42-23-41-18-19-43(3)4)22-28(34-31(27)29)32(38)33-24-6-8-25(9-7-24)36-14-16-40-17-15-36/h6-9,20-22H,5,10-19,23H2,1-4H3/p+1. The quantitative estimate of drug-likeness (QED) is 0.198. The Bertz CT molecular complexity index is 1370.